The van der Waals surface area contributed by atoms with Gasteiger partial charge < -0.3 is 0 Å². The van der Waals surface area contributed by atoms with E-state index in [4.69, 9.17) is 0 Å². The number of piperidine rings is 1. The van der Waals surface area contributed by atoms with Crippen molar-refractivity contribution in [2.24, 2.45) is 5.92 Å². The number of aromatic nitrogens is 1. The Hall–Kier alpha value is -2.30. The molecule has 10 heteroatoms. The lowest BCUT2D eigenvalue weighted by molar-refractivity contribution is 0.102. The van der Waals surface area contributed by atoms with Crippen LogP contribution in [-0.2, 0) is 29.5 Å². The molecule has 0 unspecified atom stereocenters. The third-order valence-corrected chi connectivity index (χ3v) is 9.69. The van der Waals surface area contributed by atoms with E-state index in [2.05, 4.69) is 46.4 Å². The Labute approximate surface area is 223 Å². The number of hydrogen-bond donors (Lipinski definition) is 1. The molecule has 3 aromatic rings. The van der Waals surface area contributed by atoms with Crippen LogP contribution in [0.5, 0.6) is 0 Å². The second-order valence-electron chi connectivity index (χ2n) is 9.40. The zero-order valence-corrected chi connectivity index (χ0v) is 22.7. The zero-order valence-electron chi connectivity index (χ0n) is 20.2. The molecule has 192 valence electrons. The minimum atomic E-state index is -3.53. The van der Waals surface area contributed by atoms with Gasteiger partial charge in [0.2, 0.25) is 10.0 Å². The number of carbonyl (C=O) groups is 1. The van der Waals surface area contributed by atoms with Gasteiger partial charge in [-0.3, -0.25) is 15.0 Å². The summed E-state index contributed by atoms with van der Waals surface area (Å²) in [5, 5.41) is 3.48. The summed E-state index contributed by atoms with van der Waals surface area (Å²) in [5.74, 6) is 0.268. The van der Waals surface area contributed by atoms with Gasteiger partial charge >= 0.3 is 0 Å². The van der Waals surface area contributed by atoms with Crippen LogP contribution >= 0.6 is 23.7 Å². The third-order valence-electron chi connectivity index (χ3n) is 6.78. The van der Waals surface area contributed by atoms with Crippen LogP contribution in [0.3, 0.4) is 0 Å². The molecule has 5 rings (SSSR count). The second kappa shape index (κ2) is 11.4. The van der Waals surface area contributed by atoms with E-state index >= 15 is 0 Å². The fraction of sp³-hybridized carbons (Fsp3) is 0.385. The first kappa shape index (κ1) is 26.8. The topological polar surface area (TPSA) is 82.6 Å². The molecule has 0 bridgehead atoms. The van der Waals surface area contributed by atoms with Crippen molar-refractivity contribution in [2.75, 3.05) is 25.0 Å². The molecular weight excluding hydrogens is 516 g/mol. The van der Waals surface area contributed by atoms with Gasteiger partial charge in [-0.05, 0) is 48.6 Å². The largest absolute Gasteiger partial charge is 0.298 e. The summed E-state index contributed by atoms with van der Waals surface area (Å²) in [6.45, 7) is 5.89. The molecule has 1 fully saturated rings. The fourth-order valence-electron chi connectivity index (χ4n) is 4.60. The predicted molar refractivity (Wildman–Crippen MR) is 145 cm³/mol. The van der Waals surface area contributed by atoms with E-state index in [-0.39, 0.29) is 23.2 Å². The number of nitrogens with zero attached hydrogens (tertiary/aromatic N) is 3. The van der Waals surface area contributed by atoms with Crippen molar-refractivity contribution in [1.82, 2.24) is 14.2 Å². The Bertz CT molecular complexity index is 1290. The maximum absolute atomic E-state index is 12.9. The van der Waals surface area contributed by atoms with Crippen LogP contribution in [-0.4, -0.2) is 48.1 Å². The highest BCUT2D eigenvalue weighted by molar-refractivity contribution is 7.89. The van der Waals surface area contributed by atoms with E-state index in [1.165, 1.54) is 33.9 Å². The number of fused-ring (bicyclic) bond motifs is 1. The van der Waals surface area contributed by atoms with Gasteiger partial charge in [0, 0.05) is 49.6 Å². The number of thiazole rings is 1. The average Bonchev–Trinajstić information content (AvgIpc) is 3.26. The van der Waals surface area contributed by atoms with Crippen LogP contribution < -0.4 is 5.32 Å². The van der Waals surface area contributed by atoms with Crippen molar-refractivity contribution in [2.45, 2.75) is 44.2 Å². The lowest BCUT2D eigenvalue weighted by Gasteiger charge is -2.29. The lowest BCUT2D eigenvalue weighted by atomic mass is 10.0. The van der Waals surface area contributed by atoms with Crippen LogP contribution in [0.15, 0.2) is 59.5 Å². The third kappa shape index (κ3) is 5.98. The van der Waals surface area contributed by atoms with E-state index < -0.39 is 10.0 Å². The van der Waals surface area contributed by atoms with E-state index in [1.54, 1.807) is 16.4 Å². The smallest absolute Gasteiger partial charge is 0.257 e. The van der Waals surface area contributed by atoms with Gasteiger partial charge in [0.25, 0.3) is 5.91 Å². The average molecular weight is 547 g/mol. The number of anilines is 1. The highest BCUT2D eigenvalue weighted by Crippen LogP contribution is 2.29. The van der Waals surface area contributed by atoms with Gasteiger partial charge in [0.15, 0.2) is 5.13 Å². The highest BCUT2D eigenvalue weighted by atomic mass is 35.5. The van der Waals surface area contributed by atoms with E-state index in [0.29, 0.717) is 29.7 Å². The molecule has 36 heavy (non-hydrogen) atoms. The van der Waals surface area contributed by atoms with Gasteiger partial charge in [0.05, 0.1) is 10.6 Å². The molecule has 2 aromatic carbocycles. The molecule has 1 amide bonds. The molecule has 0 spiro atoms. The molecule has 7 nitrogen and oxygen atoms in total. The molecule has 0 aliphatic carbocycles. The predicted octanol–water partition coefficient (Wildman–Crippen LogP) is 4.80. The van der Waals surface area contributed by atoms with Gasteiger partial charge in [0.1, 0.15) is 0 Å². The van der Waals surface area contributed by atoms with Gasteiger partial charge in [-0.25, -0.2) is 13.4 Å². The van der Waals surface area contributed by atoms with E-state index in [0.717, 1.165) is 44.6 Å². The van der Waals surface area contributed by atoms with Gasteiger partial charge in [-0.15, -0.1) is 23.7 Å². The normalized spacial score (nSPS) is 17.2. The summed E-state index contributed by atoms with van der Waals surface area (Å²) in [6, 6.07) is 16.6. The monoisotopic (exact) mass is 546 g/mol. The van der Waals surface area contributed by atoms with Gasteiger partial charge in [-0.1, -0.05) is 37.3 Å². The number of hydrogen-bond acceptors (Lipinski definition) is 6. The summed E-state index contributed by atoms with van der Waals surface area (Å²) >= 11 is 1.51. The van der Waals surface area contributed by atoms with Crippen molar-refractivity contribution in [3.8, 4) is 0 Å². The molecule has 3 heterocycles. The molecule has 1 aromatic heterocycles. The first-order valence-electron chi connectivity index (χ1n) is 12.0. The number of rotatable bonds is 6. The van der Waals surface area contributed by atoms with Gasteiger partial charge in [-0.2, -0.15) is 4.31 Å². The van der Waals surface area contributed by atoms with Crippen LogP contribution in [0.25, 0.3) is 0 Å². The zero-order chi connectivity index (χ0) is 24.4. The summed E-state index contributed by atoms with van der Waals surface area (Å²) in [6.07, 6.45) is 2.61. The van der Waals surface area contributed by atoms with Crippen molar-refractivity contribution in [1.29, 1.82) is 0 Å². The SMILES string of the molecule is CC1CCN(S(=O)(=O)c2ccc(C(=O)Nc3nc4c(s3)CN(Cc3ccccc3)CC4)cc2)CC1.Cl. The molecule has 1 N–H and O–H groups in total. The maximum Gasteiger partial charge on any atom is 0.257 e. The number of carbonyl (C=O) groups excluding carboxylic acids is 1. The number of amides is 1. The number of sulfonamides is 1. The quantitative estimate of drug-likeness (QED) is 0.480. The van der Waals surface area contributed by atoms with E-state index in [9.17, 15) is 13.2 Å². The molecule has 0 atom stereocenters. The van der Waals surface area contributed by atoms with Crippen LogP contribution in [0, 0.1) is 5.92 Å². The van der Waals surface area contributed by atoms with Crippen molar-refractivity contribution >= 4 is 44.8 Å². The Balaban J connectivity index is 0.00000304. The van der Waals surface area contributed by atoms with E-state index in [1.807, 2.05) is 6.07 Å². The van der Waals surface area contributed by atoms with Crippen LogP contribution in [0.2, 0.25) is 0 Å². The maximum atomic E-state index is 12.9. The first-order chi connectivity index (χ1) is 16.9. The molecule has 0 radical (unpaired) electrons. The minimum absolute atomic E-state index is 0. The Morgan fingerprint density at radius 3 is 2.44 bits per heavy atom. The lowest BCUT2D eigenvalue weighted by Crippen LogP contribution is -2.37. The van der Waals surface area contributed by atoms with Crippen molar-refractivity contribution in [3.05, 3.63) is 76.3 Å². The fourth-order valence-corrected chi connectivity index (χ4v) is 7.12. The molecule has 1 saturated heterocycles. The summed E-state index contributed by atoms with van der Waals surface area (Å²) < 4.78 is 27.4. The Kier molecular flexibility index (Phi) is 8.47. The van der Waals surface area contributed by atoms with Crippen LogP contribution in [0.1, 0.15) is 46.3 Å². The standard InChI is InChI=1S/C26H30N4O3S2.ClH/c1-19-11-15-30(16-12-19)35(32,33)22-9-7-21(8-10-22)25(31)28-26-27-23-13-14-29(18-24(23)34-26)17-20-5-3-2-4-6-20;/h2-10,19H,11-18H2,1H3,(H,27,28,31);1H. The summed E-state index contributed by atoms with van der Waals surface area (Å²) in [7, 11) is -3.53. The second-order valence-corrected chi connectivity index (χ2v) is 12.4. The Morgan fingerprint density at radius 2 is 1.75 bits per heavy atom. The van der Waals surface area contributed by atoms with Crippen molar-refractivity contribution in [3.63, 3.8) is 0 Å². The number of benzene rings is 2. The highest BCUT2D eigenvalue weighted by Gasteiger charge is 2.28. The van der Waals surface area contributed by atoms with Crippen molar-refractivity contribution < 1.29 is 13.2 Å². The molecule has 2 aliphatic rings. The number of nitrogens with one attached hydrogen (secondary N) is 1. The molecular formula is C26H31ClN4O3S2. The number of halogens is 1. The molecule has 2 aliphatic heterocycles. The van der Waals surface area contributed by atoms with Crippen LogP contribution in [0.4, 0.5) is 5.13 Å². The Morgan fingerprint density at radius 1 is 1.06 bits per heavy atom. The summed E-state index contributed by atoms with van der Waals surface area (Å²) in [5.41, 5.74) is 2.75. The molecule has 0 saturated carbocycles. The minimum Gasteiger partial charge on any atom is -0.298 e. The first-order valence-corrected chi connectivity index (χ1v) is 14.3. The summed E-state index contributed by atoms with van der Waals surface area (Å²) in [4.78, 5) is 21.3.